The quantitative estimate of drug-likeness (QED) is 0.783. The molecule has 2 aromatic rings. The normalized spacial score (nSPS) is 10.5. The number of benzene rings is 1. The average Bonchev–Trinajstić information content (AvgIpc) is 2.77. The number of thiophene rings is 1. The lowest BCUT2D eigenvalue weighted by Crippen LogP contribution is -2.25. The Balaban J connectivity index is 2.12. The van der Waals surface area contributed by atoms with E-state index in [1.165, 1.54) is 12.1 Å². The van der Waals surface area contributed by atoms with Gasteiger partial charge in [-0.15, -0.1) is 11.3 Å². The molecule has 0 saturated heterocycles. The van der Waals surface area contributed by atoms with Crippen LogP contribution in [-0.2, 0) is 6.54 Å². The van der Waals surface area contributed by atoms with Crippen molar-refractivity contribution in [1.29, 1.82) is 0 Å². The molecule has 0 radical (unpaired) electrons. The van der Waals surface area contributed by atoms with E-state index in [2.05, 4.69) is 15.9 Å². The van der Waals surface area contributed by atoms with Gasteiger partial charge in [0.1, 0.15) is 5.82 Å². The fourth-order valence-electron chi connectivity index (χ4n) is 1.59. The Bertz CT molecular complexity index is 616. The molecule has 1 heterocycles. The SMILES string of the molecule is CN(Cc1cc(Br)cs1)C(=O)c1ccc(Cl)c(F)c1. The maximum atomic E-state index is 13.3. The van der Waals surface area contributed by atoms with Gasteiger partial charge in [-0.3, -0.25) is 4.79 Å². The zero-order valence-electron chi connectivity index (χ0n) is 9.99. The van der Waals surface area contributed by atoms with Gasteiger partial charge in [-0.2, -0.15) is 0 Å². The number of carbonyl (C=O) groups is 1. The smallest absolute Gasteiger partial charge is 0.254 e. The van der Waals surface area contributed by atoms with Gasteiger partial charge in [0, 0.05) is 27.3 Å². The number of nitrogens with zero attached hydrogens (tertiary/aromatic N) is 1. The molecule has 1 aromatic carbocycles. The van der Waals surface area contributed by atoms with E-state index in [4.69, 9.17) is 11.6 Å². The molecule has 0 N–H and O–H groups in total. The second-order valence-electron chi connectivity index (χ2n) is 4.02. The molecule has 2 rings (SSSR count). The molecule has 19 heavy (non-hydrogen) atoms. The minimum absolute atomic E-state index is 0.0152. The van der Waals surface area contributed by atoms with Gasteiger partial charge in [0.25, 0.3) is 5.91 Å². The van der Waals surface area contributed by atoms with E-state index in [1.807, 2.05) is 11.4 Å². The van der Waals surface area contributed by atoms with Crippen molar-refractivity contribution in [2.45, 2.75) is 6.54 Å². The van der Waals surface area contributed by atoms with Gasteiger partial charge in [0.05, 0.1) is 11.6 Å². The van der Waals surface area contributed by atoms with E-state index in [0.29, 0.717) is 12.1 Å². The van der Waals surface area contributed by atoms with Crippen molar-refractivity contribution in [2.24, 2.45) is 0 Å². The minimum Gasteiger partial charge on any atom is -0.337 e. The molecule has 0 fully saturated rings. The molecular weight excluding hydrogens is 353 g/mol. The Labute approximate surface area is 127 Å². The highest BCUT2D eigenvalue weighted by atomic mass is 79.9. The van der Waals surface area contributed by atoms with Crippen molar-refractivity contribution >= 4 is 44.8 Å². The summed E-state index contributed by atoms with van der Waals surface area (Å²) in [5.74, 6) is -0.820. The van der Waals surface area contributed by atoms with Gasteiger partial charge >= 0.3 is 0 Å². The highest BCUT2D eigenvalue weighted by molar-refractivity contribution is 9.10. The van der Waals surface area contributed by atoms with Crippen LogP contribution < -0.4 is 0 Å². The van der Waals surface area contributed by atoms with Gasteiger partial charge in [-0.1, -0.05) is 11.6 Å². The lowest BCUT2D eigenvalue weighted by Gasteiger charge is -2.16. The van der Waals surface area contributed by atoms with Crippen molar-refractivity contribution in [2.75, 3.05) is 7.05 Å². The van der Waals surface area contributed by atoms with Gasteiger partial charge in [0.2, 0.25) is 0 Å². The molecular formula is C13H10BrClFNOS. The minimum atomic E-state index is -0.584. The molecule has 100 valence electrons. The van der Waals surface area contributed by atoms with Crippen LogP contribution in [0.25, 0.3) is 0 Å². The van der Waals surface area contributed by atoms with Crippen LogP contribution >= 0.6 is 38.9 Å². The highest BCUT2D eigenvalue weighted by Crippen LogP contribution is 2.22. The second-order valence-corrected chi connectivity index (χ2v) is 6.34. The van der Waals surface area contributed by atoms with Crippen LogP contribution in [0, 0.1) is 5.82 Å². The van der Waals surface area contributed by atoms with Crippen molar-refractivity contribution in [1.82, 2.24) is 4.90 Å². The monoisotopic (exact) mass is 361 g/mol. The predicted octanol–water partition coefficient (Wildman–Crippen LogP) is 4.58. The number of halogens is 3. The molecule has 0 atom stereocenters. The summed E-state index contributed by atoms with van der Waals surface area (Å²) in [4.78, 5) is 14.7. The number of hydrogen-bond donors (Lipinski definition) is 0. The van der Waals surface area contributed by atoms with Gasteiger partial charge < -0.3 is 4.90 Å². The summed E-state index contributed by atoms with van der Waals surface area (Å²) in [6, 6.07) is 6.02. The molecule has 1 aromatic heterocycles. The first kappa shape index (κ1) is 14.5. The first-order valence-corrected chi connectivity index (χ1v) is 7.46. The third kappa shape index (κ3) is 3.55. The van der Waals surface area contributed by atoms with Gasteiger partial charge in [0.15, 0.2) is 0 Å². The van der Waals surface area contributed by atoms with E-state index in [9.17, 15) is 9.18 Å². The zero-order chi connectivity index (χ0) is 14.0. The van der Waals surface area contributed by atoms with Crippen molar-refractivity contribution in [3.8, 4) is 0 Å². The molecule has 0 unspecified atom stereocenters. The number of amides is 1. The summed E-state index contributed by atoms with van der Waals surface area (Å²) >= 11 is 10.5. The Morgan fingerprint density at radius 2 is 2.21 bits per heavy atom. The maximum Gasteiger partial charge on any atom is 0.254 e. The summed E-state index contributed by atoms with van der Waals surface area (Å²) in [6.07, 6.45) is 0. The number of carbonyl (C=O) groups excluding carboxylic acids is 1. The topological polar surface area (TPSA) is 20.3 Å². The Morgan fingerprint density at radius 3 is 2.79 bits per heavy atom. The third-order valence-corrected chi connectivity index (χ3v) is 4.52. The van der Waals surface area contributed by atoms with Crippen molar-refractivity contribution in [3.05, 3.63) is 55.4 Å². The van der Waals surface area contributed by atoms with Crippen LogP contribution in [0.4, 0.5) is 4.39 Å². The van der Waals surface area contributed by atoms with Gasteiger partial charge in [-0.25, -0.2) is 4.39 Å². The fraction of sp³-hybridized carbons (Fsp3) is 0.154. The first-order valence-electron chi connectivity index (χ1n) is 5.41. The lowest BCUT2D eigenvalue weighted by molar-refractivity contribution is 0.0786. The Hall–Kier alpha value is -0.910. The van der Waals surface area contributed by atoms with Crippen LogP contribution in [0.3, 0.4) is 0 Å². The molecule has 0 spiro atoms. The lowest BCUT2D eigenvalue weighted by atomic mass is 10.2. The van der Waals surface area contributed by atoms with E-state index in [-0.39, 0.29) is 10.9 Å². The van der Waals surface area contributed by atoms with Crippen LogP contribution in [0.15, 0.2) is 34.1 Å². The molecule has 0 saturated carbocycles. The summed E-state index contributed by atoms with van der Waals surface area (Å²) < 4.78 is 14.3. The largest absolute Gasteiger partial charge is 0.337 e. The highest BCUT2D eigenvalue weighted by Gasteiger charge is 2.14. The van der Waals surface area contributed by atoms with Gasteiger partial charge in [-0.05, 0) is 40.2 Å². The van der Waals surface area contributed by atoms with E-state index < -0.39 is 5.82 Å². The Kier molecular flexibility index (Phi) is 4.60. The zero-order valence-corrected chi connectivity index (χ0v) is 13.1. The second kappa shape index (κ2) is 6.03. The number of hydrogen-bond acceptors (Lipinski definition) is 2. The molecule has 2 nitrogen and oxygen atoms in total. The predicted molar refractivity (Wildman–Crippen MR) is 79.2 cm³/mol. The van der Waals surface area contributed by atoms with E-state index >= 15 is 0 Å². The summed E-state index contributed by atoms with van der Waals surface area (Å²) in [7, 11) is 1.68. The summed E-state index contributed by atoms with van der Waals surface area (Å²) in [5.41, 5.74) is 0.292. The summed E-state index contributed by atoms with van der Waals surface area (Å²) in [6.45, 7) is 0.485. The van der Waals surface area contributed by atoms with E-state index in [0.717, 1.165) is 15.4 Å². The van der Waals surface area contributed by atoms with Crippen LogP contribution in [0.2, 0.25) is 5.02 Å². The molecule has 0 aliphatic rings. The maximum absolute atomic E-state index is 13.3. The van der Waals surface area contributed by atoms with Crippen molar-refractivity contribution in [3.63, 3.8) is 0 Å². The average molecular weight is 363 g/mol. The van der Waals surface area contributed by atoms with Crippen molar-refractivity contribution < 1.29 is 9.18 Å². The Morgan fingerprint density at radius 1 is 1.47 bits per heavy atom. The summed E-state index contributed by atoms with van der Waals surface area (Å²) in [5, 5.41) is 1.97. The molecule has 1 amide bonds. The van der Waals surface area contributed by atoms with E-state index in [1.54, 1.807) is 23.3 Å². The molecule has 0 aliphatic carbocycles. The molecule has 0 bridgehead atoms. The van der Waals surface area contributed by atoms with Crippen LogP contribution in [0.1, 0.15) is 15.2 Å². The third-order valence-electron chi connectivity index (χ3n) is 2.53. The molecule has 6 heteroatoms. The fourth-order valence-corrected chi connectivity index (χ4v) is 3.21. The number of rotatable bonds is 3. The van der Waals surface area contributed by atoms with Crippen LogP contribution in [-0.4, -0.2) is 17.9 Å². The first-order chi connectivity index (χ1) is 8.97. The van der Waals surface area contributed by atoms with Crippen LogP contribution in [0.5, 0.6) is 0 Å². The molecule has 0 aliphatic heterocycles. The standard InChI is InChI=1S/C13H10BrClFNOS/c1-17(6-10-5-9(14)7-19-10)13(18)8-2-3-11(15)12(16)4-8/h2-5,7H,6H2,1H3.